The molecule has 1 N–H and O–H groups in total. The lowest BCUT2D eigenvalue weighted by Gasteiger charge is -2.26. The molecule has 1 aliphatic carbocycles. The Hall–Kier alpha value is -1.06. The second-order valence-corrected chi connectivity index (χ2v) is 4.81. The molecule has 4 nitrogen and oxygen atoms in total. The normalized spacial score (nSPS) is 39.2. The predicted octanol–water partition coefficient (Wildman–Crippen LogP) is 1.11. The summed E-state index contributed by atoms with van der Waals surface area (Å²) in [5, 5.41) is 8.78. The lowest BCUT2D eigenvalue weighted by Crippen LogP contribution is -2.40. The van der Waals surface area contributed by atoms with Gasteiger partial charge in [-0.3, -0.25) is 9.59 Å². The van der Waals surface area contributed by atoms with E-state index in [1.165, 1.54) is 0 Å². The van der Waals surface area contributed by atoms with Crippen molar-refractivity contribution in [2.45, 2.75) is 45.2 Å². The lowest BCUT2D eigenvalue weighted by molar-refractivity contribution is -0.142. The molecule has 0 aromatic rings. The van der Waals surface area contributed by atoms with Crippen LogP contribution in [0, 0.1) is 11.8 Å². The highest BCUT2D eigenvalue weighted by Gasteiger charge is 2.51. The van der Waals surface area contributed by atoms with E-state index in [0.717, 1.165) is 12.8 Å². The summed E-state index contributed by atoms with van der Waals surface area (Å²) in [5.41, 5.74) is 0. The zero-order valence-corrected chi connectivity index (χ0v) is 9.14. The van der Waals surface area contributed by atoms with Crippen LogP contribution >= 0.6 is 0 Å². The van der Waals surface area contributed by atoms with Crippen LogP contribution in [0.5, 0.6) is 0 Å². The van der Waals surface area contributed by atoms with Crippen molar-refractivity contribution < 1.29 is 14.7 Å². The van der Waals surface area contributed by atoms with E-state index in [1.807, 2.05) is 18.7 Å². The first kappa shape index (κ1) is 10.5. The van der Waals surface area contributed by atoms with Crippen LogP contribution in [-0.2, 0) is 9.59 Å². The van der Waals surface area contributed by atoms with Gasteiger partial charge in [0, 0.05) is 12.1 Å². The van der Waals surface area contributed by atoms with Crippen molar-refractivity contribution in [1.82, 2.24) is 4.90 Å². The highest BCUT2D eigenvalue weighted by atomic mass is 16.4. The van der Waals surface area contributed by atoms with E-state index >= 15 is 0 Å². The fraction of sp³-hybridized carbons (Fsp3) is 0.818. The van der Waals surface area contributed by atoms with E-state index in [1.54, 1.807) is 0 Å². The molecule has 2 fully saturated rings. The summed E-state index contributed by atoms with van der Waals surface area (Å²) < 4.78 is 0. The van der Waals surface area contributed by atoms with Gasteiger partial charge in [0.2, 0.25) is 5.91 Å². The van der Waals surface area contributed by atoms with Crippen molar-refractivity contribution in [2.24, 2.45) is 11.8 Å². The molecule has 4 unspecified atom stereocenters. The molecule has 4 atom stereocenters. The van der Waals surface area contributed by atoms with Gasteiger partial charge in [-0.25, -0.2) is 0 Å². The van der Waals surface area contributed by atoms with Crippen LogP contribution in [0.1, 0.15) is 33.1 Å². The van der Waals surface area contributed by atoms with Gasteiger partial charge in [-0.05, 0) is 33.1 Å². The number of hydrogen-bond acceptors (Lipinski definition) is 2. The van der Waals surface area contributed by atoms with E-state index < -0.39 is 11.9 Å². The van der Waals surface area contributed by atoms with Crippen molar-refractivity contribution in [3.8, 4) is 0 Å². The van der Waals surface area contributed by atoms with Crippen LogP contribution in [0.2, 0.25) is 0 Å². The molecule has 2 aliphatic rings. The third-order valence-electron chi connectivity index (χ3n) is 3.63. The van der Waals surface area contributed by atoms with Crippen molar-refractivity contribution in [2.75, 3.05) is 0 Å². The summed E-state index contributed by atoms with van der Waals surface area (Å²) in [5.74, 6) is -1.43. The van der Waals surface area contributed by atoms with Crippen LogP contribution in [0.4, 0.5) is 0 Å². The van der Waals surface area contributed by atoms with Gasteiger partial charge in [0.1, 0.15) is 0 Å². The van der Waals surface area contributed by atoms with Crippen LogP contribution in [0.25, 0.3) is 0 Å². The fourth-order valence-electron chi connectivity index (χ4n) is 2.56. The van der Waals surface area contributed by atoms with E-state index in [4.69, 9.17) is 5.11 Å². The van der Waals surface area contributed by atoms with E-state index in [-0.39, 0.29) is 23.9 Å². The van der Waals surface area contributed by atoms with Crippen molar-refractivity contribution in [3.05, 3.63) is 0 Å². The Balaban J connectivity index is 2.00. The molecule has 1 saturated heterocycles. The van der Waals surface area contributed by atoms with Gasteiger partial charge in [0.05, 0.1) is 11.8 Å². The van der Waals surface area contributed by atoms with E-state index in [2.05, 4.69) is 0 Å². The second kappa shape index (κ2) is 3.51. The number of carbonyl (C=O) groups excluding carboxylic acids is 1. The smallest absolute Gasteiger partial charge is 0.307 e. The van der Waals surface area contributed by atoms with Gasteiger partial charge in [0.25, 0.3) is 0 Å². The predicted molar refractivity (Wildman–Crippen MR) is 54.2 cm³/mol. The maximum Gasteiger partial charge on any atom is 0.307 e. The molecule has 4 heteroatoms. The van der Waals surface area contributed by atoms with Crippen LogP contribution in [-0.4, -0.2) is 34.0 Å². The SMILES string of the molecule is CC1CCC(C)N1C(=O)C1CC1C(=O)O. The maximum atomic E-state index is 12.0. The van der Waals surface area contributed by atoms with Crippen LogP contribution in [0.3, 0.4) is 0 Å². The Labute approximate surface area is 89.3 Å². The van der Waals surface area contributed by atoms with Gasteiger partial charge >= 0.3 is 5.97 Å². The summed E-state index contributed by atoms with van der Waals surface area (Å²) >= 11 is 0. The molecule has 0 aromatic carbocycles. The number of likely N-dealkylation sites (tertiary alicyclic amines) is 1. The number of nitrogens with zero attached hydrogens (tertiary/aromatic N) is 1. The van der Waals surface area contributed by atoms with Crippen molar-refractivity contribution >= 4 is 11.9 Å². The molecule has 84 valence electrons. The number of rotatable bonds is 2. The molecular formula is C11H17NO3. The zero-order chi connectivity index (χ0) is 11.2. The summed E-state index contributed by atoms with van der Waals surface area (Å²) in [6.45, 7) is 4.08. The minimum absolute atomic E-state index is 0.0555. The Morgan fingerprint density at radius 3 is 2.07 bits per heavy atom. The first-order valence-electron chi connectivity index (χ1n) is 5.57. The monoisotopic (exact) mass is 211 g/mol. The molecule has 0 aromatic heterocycles. The lowest BCUT2D eigenvalue weighted by atomic mass is 10.2. The summed E-state index contributed by atoms with van der Waals surface area (Å²) in [6.07, 6.45) is 2.61. The molecule has 1 heterocycles. The van der Waals surface area contributed by atoms with Gasteiger partial charge < -0.3 is 10.0 Å². The average Bonchev–Trinajstić information content (AvgIpc) is 2.88. The molecule has 0 bridgehead atoms. The highest BCUT2D eigenvalue weighted by Crippen LogP contribution is 2.42. The largest absolute Gasteiger partial charge is 0.481 e. The molecule has 0 radical (unpaired) electrons. The highest BCUT2D eigenvalue weighted by molar-refractivity contribution is 5.90. The molecule has 1 saturated carbocycles. The van der Waals surface area contributed by atoms with Gasteiger partial charge in [0.15, 0.2) is 0 Å². The molecule has 0 spiro atoms. The number of aliphatic carboxylic acids is 1. The van der Waals surface area contributed by atoms with E-state index in [9.17, 15) is 9.59 Å². The van der Waals surface area contributed by atoms with Crippen molar-refractivity contribution in [1.29, 1.82) is 0 Å². The van der Waals surface area contributed by atoms with E-state index in [0.29, 0.717) is 6.42 Å². The molecule has 1 amide bonds. The topological polar surface area (TPSA) is 57.6 Å². The minimum Gasteiger partial charge on any atom is -0.481 e. The molecular weight excluding hydrogens is 194 g/mol. The maximum absolute atomic E-state index is 12.0. The Morgan fingerprint density at radius 2 is 1.67 bits per heavy atom. The first-order valence-corrected chi connectivity index (χ1v) is 5.57. The van der Waals surface area contributed by atoms with Gasteiger partial charge in [-0.1, -0.05) is 0 Å². The number of carbonyl (C=O) groups is 2. The number of carboxylic acid groups (broad SMARTS) is 1. The first-order chi connectivity index (χ1) is 7.02. The fourth-order valence-corrected chi connectivity index (χ4v) is 2.56. The molecule has 1 aliphatic heterocycles. The molecule has 15 heavy (non-hydrogen) atoms. The van der Waals surface area contributed by atoms with Crippen molar-refractivity contribution in [3.63, 3.8) is 0 Å². The molecule has 2 rings (SSSR count). The summed E-state index contributed by atoms with van der Waals surface area (Å²) in [4.78, 5) is 24.6. The summed E-state index contributed by atoms with van der Waals surface area (Å²) in [6, 6.07) is 0.560. The number of carboxylic acids is 1. The van der Waals surface area contributed by atoms with Gasteiger partial charge in [-0.2, -0.15) is 0 Å². The van der Waals surface area contributed by atoms with Crippen LogP contribution in [0.15, 0.2) is 0 Å². The Kier molecular flexibility index (Phi) is 2.44. The number of hydrogen-bond donors (Lipinski definition) is 1. The van der Waals surface area contributed by atoms with Gasteiger partial charge in [-0.15, -0.1) is 0 Å². The minimum atomic E-state index is -0.826. The Morgan fingerprint density at radius 1 is 1.13 bits per heavy atom. The van der Waals surface area contributed by atoms with Crippen LogP contribution < -0.4 is 0 Å². The zero-order valence-electron chi connectivity index (χ0n) is 9.14. The number of amides is 1. The second-order valence-electron chi connectivity index (χ2n) is 4.81. The Bertz CT molecular complexity index is 292. The summed E-state index contributed by atoms with van der Waals surface area (Å²) in [7, 11) is 0. The third-order valence-corrected chi connectivity index (χ3v) is 3.63. The third kappa shape index (κ3) is 1.73. The quantitative estimate of drug-likeness (QED) is 0.744. The standard InChI is InChI=1S/C11H17NO3/c1-6-3-4-7(2)12(6)10(13)8-5-9(8)11(14)15/h6-9H,3-5H2,1-2H3,(H,14,15). The average molecular weight is 211 g/mol.